The Morgan fingerprint density at radius 2 is 1.74 bits per heavy atom. The highest BCUT2D eigenvalue weighted by atomic mass is 35.5. The van der Waals surface area contributed by atoms with E-state index in [0.717, 1.165) is 20.4 Å². The van der Waals surface area contributed by atoms with Gasteiger partial charge >= 0.3 is 5.69 Å². The van der Waals surface area contributed by atoms with Gasteiger partial charge in [0.25, 0.3) is 11.5 Å². The van der Waals surface area contributed by atoms with E-state index in [1.54, 1.807) is 42.5 Å². The highest BCUT2D eigenvalue weighted by Gasteiger charge is 2.22. The number of aryl methyl sites for hydroxylation is 1. The van der Waals surface area contributed by atoms with Gasteiger partial charge < -0.3 is 5.32 Å². The SMILES string of the molecule is Cc1cccc(-n2nc(C(=O)N[C@H](C)c3ccccc3)c(=O)n(Cc3cccc(Cl)c3)c2=O)c1. The molecule has 172 valence electrons. The average Bonchev–Trinajstić information content (AvgIpc) is 2.82. The molecule has 0 bridgehead atoms. The summed E-state index contributed by atoms with van der Waals surface area (Å²) in [5, 5.41) is 7.47. The number of carbonyl (C=O) groups excluding carboxylic acids is 1. The molecule has 0 aliphatic carbocycles. The molecule has 4 rings (SSSR count). The van der Waals surface area contributed by atoms with E-state index >= 15 is 0 Å². The van der Waals surface area contributed by atoms with Crippen molar-refractivity contribution >= 4 is 17.5 Å². The number of benzene rings is 3. The van der Waals surface area contributed by atoms with E-state index in [9.17, 15) is 14.4 Å². The first-order valence-corrected chi connectivity index (χ1v) is 11.1. The molecule has 0 saturated heterocycles. The molecular formula is C26H23ClN4O3. The van der Waals surface area contributed by atoms with Crippen LogP contribution in [-0.4, -0.2) is 20.3 Å². The summed E-state index contributed by atoms with van der Waals surface area (Å²) in [5.41, 5.74) is 1.10. The normalized spacial score (nSPS) is 11.7. The minimum atomic E-state index is -0.772. The molecule has 3 aromatic carbocycles. The second-order valence-corrected chi connectivity index (χ2v) is 8.45. The van der Waals surface area contributed by atoms with Crippen molar-refractivity contribution in [3.05, 3.63) is 127 Å². The highest BCUT2D eigenvalue weighted by Crippen LogP contribution is 2.13. The molecule has 0 aliphatic heterocycles. The Hall–Kier alpha value is -3.97. The fraction of sp³-hybridized carbons (Fsp3) is 0.154. The lowest BCUT2D eigenvalue weighted by atomic mass is 10.1. The van der Waals surface area contributed by atoms with Gasteiger partial charge in [0.1, 0.15) is 0 Å². The molecule has 0 unspecified atom stereocenters. The molecule has 0 fully saturated rings. The number of halogens is 1. The Morgan fingerprint density at radius 3 is 2.44 bits per heavy atom. The van der Waals surface area contributed by atoms with Crippen LogP contribution in [0.1, 0.15) is 40.1 Å². The number of hydrogen-bond acceptors (Lipinski definition) is 4. The maximum atomic E-state index is 13.3. The van der Waals surface area contributed by atoms with Gasteiger partial charge in [-0.3, -0.25) is 14.2 Å². The third kappa shape index (κ3) is 5.00. The zero-order valence-electron chi connectivity index (χ0n) is 18.7. The predicted octanol–water partition coefficient (Wildman–Crippen LogP) is 3.90. The van der Waals surface area contributed by atoms with Gasteiger partial charge in [-0.15, -0.1) is 0 Å². The van der Waals surface area contributed by atoms with Crippen LogP contribution in [0.2, 0.25) is 5.02 Å². The van der Waals surface area contributed by atoms with Crippen LogP contribution in [0.25, 0.3) is 5.69 Å². The zero-order chi connectivity index (χ0) is 24.2. The van der Waals surface area contributed by atoms with Gasteiger partial charge in [-0.1, -0.05) is 66.2 Å². The molecule has 0 aliphatic rings. The third-order valence-corrected chi connectivity index (χ3v) is 5.63. The Labute approximate surface area is 201 Å². The van der Waals surface area contributed by atoms with E-state index in [-0.39, 0.29) is 18.3 Å². The van der Waals surface area contributed by atoms with E-state index in [1.165, 1.54) is 0 Å². The number of rotatable bonds is 6. The molecule has 7 nitrogen and oxygen atoms in total. The fourth-order valence-electron chi connectivity index (χ4n) is 3.63. The first kappa shape index (κ1) is 23.2. The smallest absolute Gasteiger partial charge is 0.344 e. The van der Waals surface area contributed by atoms with Crippen LogP contribution in [0.3, 0.4) is 0 Å². The van der Waals surface area contributed by atoms with Gasteiger partial charge in [-0.05, 0) is 54.8 Å². The minimum Gasteiger partial charge on any atom is -0.344 e. The minimum absolute atomic E-state index is 0.0545. The van der Waals surface area contributed by atoms with Crippen molar-refractivity contribution in [2.24, 2.45) is 0 Å². The molecule has 1 atom stereocenters. The molecule has 1 N–H and O–H groups in total. The average molecular weight is 475 g/mol. The summed E-state index contributed by atoms with van der Waals surface area (Å²) in [6, 6.07) is 23.0. The number of carbonyl (C=O) groups is 1. The summed E-state index contributed by atoms with van der Waals surface area (Å²) < 4.78 is 2.09. The van der Waals surface area contributed by atoms with Gasteiger partial charge in [0.2, 0.25) is 5.69 Å². The molecule has 0 radical (unpaired) electrons. The summed E-state index contributed by atoms with van der Waals surface area (Å²) >= 11 is 6.09. The maximum absolute atomic E-state index is 13.3. The lowest BCUT2D eigenvalue weighted by Crippen LogP contribution is -2.46. The standard InChI is InChI=1S/C26H23ClN4O3/c1-17-8-6-13-22(14-17)31-26(34)30(16-19-9-7-12-21(27)15-19)25(33)23(29-31)24(32)28-18(2)20-10-4-3-5-11-20/h3-15,18H,16H2,1-2H3,(H,28,32)/t18-/m1/s1. The highest BCUT2D eigenvalue weighted by molar-refractivity contribution is 6.30. The van der Waals surface area contributed by atoms with Crippen molar-refractivity contribution in [1.82, 2.24) is 19.7 Å². The van der Waals surface area contributed by atoms with Crippen molar-refractivity contribution in [3.63, 3.8) is 0 Å². The Balaban J connectivity index is 1.82. The summed E-state index contributed by atoms with van der Waals surface area (Å²) in [6.45, 7) is 3.64. The second-order valence-electron chi connectivity index (χ2n) is 8.01. The van der Waals surface area contributed by atoms with Crippen LogP contribution in [0.15, 0.2) is 88.5 Å². The van der Waals surface area contributed by atoms with E-state index in [0.29, 0.717) is 16.3 Å². The summed E-state index contributed by atoms with van der Waals surface area (Å²) in [5.74, 6) is -0.664. The summed E-state index contributed by atoms with van der Waals surface area (Å²) in [4.78, 5) is 39.7. The van der Waals surface area contributed by atoms with Gasteiger partial charge in [0.15, 0.2) is 0 Å². The monoisotopic (exact) mass is 474 g/mol. The van der Waals surface area contributed by atoms with E-state index in [1.807, 2.05) is 50.2 Å². The first-order chi connectivity index (χ1) is 16.3. The lowest BCUT2D eigenvalue weighted by molar-refractivity contribution is 0.0930. The van der Waals surface area contributed by atoms with Crippen LogP contribution in [0.5, 0.6) is 0 Å². The number of nitrogens with one attached hydrogen (secondary N) is 1. The maximum Gasteiger partial charge on any atom is 0.352 e. The van der Waals surface area contributed by atoms with Crippen LogP contribution in [0, 0.1) is 6.92 Å². The molecule has 4 aromatic rings. The van der Waals surface area contributed by atoms with Gasteiger partial charge in [0.05, 0.1) is 18.3 Å². The Bertz CT molecular complexity index is 1460. The van der Waals surface area contributed by atoms with Crippen molar-refractivity contribution < 1.29 is 4.79 Å². The fourth-order valence-corrected chi connectivity index (χ4v) is 3.85. The molecule has 1 aromatic heterocycles. The number of hydrogen-bond donors (Lipinski definition) is 1. The quantitative estimate of drug-likeness (QED) is 0.459. The van der Waals surface area contributed by atoms with Crippen LogP contribution >= 0.6 is 11.6 Å². The third-order valence-electron chi connectivity index (χ3n) is 5.40. The van der Waals surface area contributed by atoms with Crippen molar-refractivity contribution in [2.45, 2.75) is 26.4 Å². The molecule has 1 heterocycles. The van der Waals surface area contributed by atoms with Gasteiger partial charge in [-0.25, -0.2) is 4.79 Å². The molecular weight excluding hydrogens is 452 g/mol. The van der Waals surface area contributed by atoms with Crippen molar-refractivity contribution in [1.29, 1.82) is 0 Å². The summed E-state index contributed by atoms with van der Waals surface area (Å²) in [6.07, 6.45) is 0. The van der Waals surface area contributed by atoms with E-state index in [2.05, 4.69) is 10.4 Å². The molecule has 0 saturated carbocycles. The van der Waals surface area contributed by atoms with Gasteiger partial charge in [-0.2, -0.15) is 9.78 Å². The molecule has 34 heavy (non-hydrogen) atoms. The zero-order valence-corrected chi connectivity index (χ0v) is 19.5. The first-order valence-electron chi connectivity index (χ1n) is 10.7. The predicted molar refractivity (Wildman–Crippen MR) is 132 cm³/mol. The largest absolute Gasteiger partial charge is 0.352 e. The summed E-state index contributed by atoms with van der Waals surface area (Å²) in [7, 11) is 0. The van der Waals surface area contributed by atoms with Crippen molar-refractivity contribution in [2.75, 3.05) is 0 Å². The number of nitrogens with zero attached hydrogens (tertiary/aromatic N) is 3. The molecule has 0 spiro atoms. The van der Waals surface area contributed by atoms with E-state index in [4.69, 9.17) is 11.6 Å². The van der Waals surface area contributed by atoms with E-state index < -0.39 is 17.2 Å². The van der Waals surface area contributed by atoms with Crippen LogP contribution in [0.4, 0.5) is 0 Å². The number of amides is 1. The topological polar surface area (TPSA) is 86.0 Å². The molecule has 1 amide bonds. The Kier molecular flexibility index (Phi) is 6.75. The van der Waals surface area contributed by atoms with Crippen LogP contribution < -0.4 is 16.6 Å². The lowest BCUT2D eigenvalue weighted by Gasteiger charge is -2.16. The number of aromatic nitrogens is 3. The second kappa shape index (κ2) is 9.89. The molecule has 8 heteroatoms. The van der Waals surface area contributed by atoms with Gasteiger partial charge in [0, 0.05) is 5.02 Å². The van der Waals surface area contributed by atoms with Crippen molar-refractivity contribution in [3.8, 4) is 5.69 Å². The Morgan fingerprint density at radius 1 is 1.00 bits per heavy atom. The van der Waals surface area contributed by atoms with Crippen LogP contribution in [-0.2, 0) is 6.54 Å².